The number of nitrogens with one attached hydrogen (secondary N) is 3. The summed E-state index contributed by atoms with van der Waals surface area (Å²) in [6.07, 6.45) is 2.29. The minimum absolute atomic E-state index is 0.120. The van der Waals surface area contributed by atoms with Gasteiger partial charge in [-0.15, -0.1) is 0 Å². The summed E-state index contributed by atoms with van der Waals surface area (Å²) >= 11 is 0. The predicted molar refractivity (Wildman–Crippen MR) is 76.8 cm³/mol. The molecule has 1 aromatic heterocycles. The second-order valence-corrected chi connectivity index (χ2v) is 7.19. The summed E-state index contributed by atoms with van der Waals surface area (Å²) in [7, 11) is -0.188. The molecule has 7 nitrogen and oxygen atoms in total. The highest BCUT2D eigenvalue weighted by atomic mass is 32.2. The van der Waals surface area contributed by atoms with Crippen LogP contribution in [0.15, 0.2) is 11.2 Å². The molecule has 0 saturated carbocycles. The number of aromatic nitrogens is 2. The van der Waals surface area contributed by atoms with Crippen LogP contribution in [0.4, 0.5) is 0 Å². The zero-order chi connectivity index (χ0) is 15.2. The molecule has 0 aliphatic heterocycles. The molecule has 0 atom stereocenters. The van der Waals surface area contributed by atoms with E-state index in [1.165, 1.54) is 6.20 Å². The van der Waals surface area contributed by atoms with Crippen LogP contribution in [0.25, 0.3) is 0 Å². The normalized spacial score (nSPS) is 12.8. The Labute approximate surface area is 120 Å². The van der Waals surface area contributed by atoms with E-state index < -0.39 is 10.0 Å². The largest absolute Gasteiger partial charge is 0.385 e. The first-order chi connectivity index (χ1) is 9.32. The Kier molecular flexibility index (Phi) is 6.12. The third-order valence-corrected chi connectivity index (χ3v) is 4.45. The van der Waals surface area contributed by atoms with E-state index in [4.69, 9.17) is 4.74 Å². The number of ether oxygens (including phenoxy) is 1. The molecule has 0 fully saturated rings. The molecule has 0 spiro atoms. The van der Waals surface area contributed by atoms with Gasteiger partial charge in [-0.2, -0.15) is 5.10 Å². The first-order valence-corrected chi connectivity index (χ1v) is 7.96. The Bertz CT molecular complexity index is 511. The van der Waals surface area contributed by atoms with E-state index in [-0.39, 0.29) is 10.4 Å². The van der Waals surface area contributed by atoms with Gasteiger partial charge in [0.1, 0.15) is 0 Å². The molecule has 116 valence electrons. The molecule has 1 aromatic rings. The number of rotatable bonds is 9. The van der Waals surface area contributed by atoms with Crippen LogP contribution in [0.1, 0.15) is 25.8 Å². The lowest BCUT2D eigenvalue weighted by Gasteiger charge is -2.24. The van der Waals surface area contributed by atoms with E-state index in [1.54, 1.807) is 14.2 Å². The first kappa shape index (κ1) is 17.1. The van der Waals surface area contributed by atoms with Gasteiger partial charge in [0.25, 0.3) is 10.0 Å². The average molecular weight is 304 g/mol. The van der Waals surface area contributed by atoms with Crippen molar-refractivity contribution in [2.45, 2.75) is 31.8 Å². The standard InChI is InChI=1S/C12H24N4O3S/c1-12(2,5-6-19-4)9-15-20(17,18)11-10(7-13-3)8-14-16-11/h8,13,15H,5-7,9H2,1-4H3,(H,14,16). The highest BCUT2D eigenvalue weighted by molar-refractivity contribution is 7.89. The highest BCUT2D eigenvalue weighted by Crippen LogP contribution is 2.20. The fourth-order valence-corrected chi connectivity index (χ4v) is 3.05. The summed E-state index contributed by atoms with van der Waals surface area (Å²) in [5.41, 5.74) is 0.446. The van der Waals surface area contributed by atoms with Gasteiger partial charge in [-0.05, 0) is 18.9 Å². The van der Waals surface area contributed by atoms with Gasteiger partial charge in [-0.1, -0.05) is 13.8 Å². The molecule has 0 radical (unpaired) electrons. The summed E-state index contributed by atoms with van der Waals surface area (Å²) in [4.78, 5) is 0. The summed E-state index contributed by atoms with van der Waals surface area (Å²) in [6.45, 7) is 5.38. The van der Waals surface area contributed by atoms with Gasteiger partial charge in [0, 0.05) is 32.4 Å². The smallest absolute Gasteiger partial charge is 0.257 e. The second kappa shape index (κ2) is 7.16. The van der Waals surface area contributed by atoms with Gasteiger partial charge in [0.2, 0.25) is 0 Å². The van der Waals surface area contributed by atoms with Crippen molar-refractivity contribution in [1.82, 2.24) is 20.2 Å². The Balaban J connectivity index is 2.72. The summed E-state index contributed by atoms with van der Waals surface area (Å²) in [6, 6.07) is 0. The van der Waals surface area contributed by atoms with Crippen molar-refractivity contribution in [3.8, 4) is 0 Å². The first-order valence-electron chi connectivity index (χ1n) is 6.48. The third kappa shape index (κ3) is 4.86. The molecule has 1 rings (SSSR count). The van der Waals surface area contributed by atoms with E-state index in [1.807, 2.05) is 13.8 Å². The molecule has 0 saturated heterocycles. The number of sulfonamides is 1. The molecule has 0 aromatic carbocycles. The van der Waals surface area contributed by atoms with Crippen LogP contribution < -0.4 is 10.0 Å². The third-order valence-electron chi connectivity index (χ3n) is 3.04. The molecule has 0 amide bonds. The summed E-state index contributed by atoms with van der Waals surface area (Å²) in [5.74, 6) is 0. The molecule has 0 bridgehead atoms. The fourth-order valence-electron chi connectivity index (χ4n) is 1.68. The number of H-pyrrole nitrogens is 1. The summed E-state index contributed by atoms with van der Waals surface area (Å²) in [5, 5.41) is 9.38. The van der Waals surface area contributed by atoms with Gasteiger partial charge >= 0.3 is 0 Å². The molecule has 0 aliphatic carbocycles. The van der Waals surface area contributed by atoms with Crippen molar-refractivity contribution in [3.05, 3.63) is 11.8 Å². The van der Waals surface area contributed by atoms with Gasteiger partial charge in [-0.25, -0.2) is 13.1 Å². The van der Waals surface area contributed by atoms with Crippen molar-refractivity contribution >= 4 is 10.0 Å². The van der Waals surface area contributed by atoms with Gasteiger partial charge in [0.15, 0.2) is 5.03 Å². The molecule has 0 aliphatic rings. The van der Waals surface area contributed by atoms with Crippen LogP contribution in [-0.4, -0.2) is 45.9 Å². The number of aromatic amines is 1. The Morgan fingerprint density at radius 3 is 2.75 bits per heavy atom. The van der Waals surface area contributed by atoms with Crippen LogP contribution in [-0.2, 0) is 21.3 Å². The van der Waals surface area contributed by atoms with Gasteiger partial charge < -0.3 is 10.1 Å². The highest BCUT2D eigenvalue weighted by Gasteiger charge is 2.25. The molecule has 1 heterocycles. The van der Waals surface area contributed by atoms with E-state index in [0.717, 1.165) is 6.42 Å². The zero-order valence-corrected chi connectivity index (χ0v) is 13.3. The lowest BCUT2D eigenvalue weighted by Crippen LogP contribution is -2.35. The van der Waals surface area contributed by atoms with E-state index in [2.05, 4.69) is 20.2 Å². The van der Waals surface area contributed by atoms with Crippen LogP contribution in [0, 0.1) is 5.41 Å². The maximum Gasteiger partial charge on any atom is 0.257 e. The number of methoxy groups -OCH3 is 1. The van der Waals surface area contributed by atoms with Gasteiger partial charge in [-0.3, -0.25) is 5.10 Å². The SMILES string of the molecule is CNCc1cn[nH]c1S(=O)(=O)NCC(C)(C)CCOC. The van der Waals surface area contributed by atoms with E-state index in [9.17, 15) is 8.42 Å². The molecule has 3 N–H and O–H groups in total. The van der Waals surface area contributed by atoms with Crippen molar-refractivity contribution in [2.75, 3.05) is 27.3 Å². The van der Waals surface area contributed by atoms with E-state index >= 15 is 0 Å². The molecule has 0 unspecified atom stereocenters. The van der Waals surface area contributed by atoms with Crippen molar-refractivity contribution < 1.29 is 13.2 Å². The minimum atomic E-state index is -3.58. The maximum absolute atomic E-state index is 12.3. The monoisotopic (exact) mass is 304 g/mol. The lowest BCUT2D eigenvalue weighted by atomic mass is 9.90. The molecular formula is C12H24N4O3S. The minimum Gasteiger partial charge on any atom is -0.385 e. The topological polar surface area (TPSA) is 96.1 Å². The van der Waals surface area contributed by atoms with Crippen LogP contribution in [0.3, 0.4) is 0 Å². The van der Waals surface area contributed by atoms with Crippen LogP contribution in [0.5, 0.6) is 0 Å². The predicted octanol–water partition coefficient (Wildman–Crippen LogP) is 0.470. The number of hydrogen-bond acceptors (Lipinski definition) is 5. The van der Waals surface area contributed by atoms with Crippen molar-refractivity contribution in [1.29, 1.82) is 0 Å². The quantitative estimate of drug-likeness (QED) is 0.616. The zero-order valence-electron chi connectivity index (χ0n) is 12.5. The Morgan fingerprint density at radius 2 is 2.15 bits per heavy atom. The second-order valence-electron chi connectivity index (χ2n) is 5.49. The molecule has 20 heavy (non-hydrogen) atoms. The lowest BCUT2D eigenvalue weighted by molar-refractivity contribution is 0.153. The van der Waals surface area contributed by atoms with Crippen molar-refractivity contribution in [2.24, 2.45) is 5.41 Å². The van der Waals surface area contributed by atoms with Crippen molar-refractivity contribution in [3.63, 3.8) is 0 Å². The number of nitrogens with zero attached hydrogens (tertiary/aromatic N) is 1. The summed E-state index contributed by atoms with van der Waals surface area (Å²) < 4.78 is 32.2. The number of hydrogen-bond donors (Lipinski definition) is 3. The average Bonchev–Trinajstić information content (AvgIpc) is 2.84. The Morgan fingerprint density at radius 1 is 1.45 bits per heavy atom. The van der Waals surface area contributed by atoms with Gasteiger partial charge in [0.05, 0.1) is 6.20 Å². The fraction of sp³-hybridized carbons (Fsp3) is 0.750. The molecular weight excluding hydrogens is 280 g/mol. The van der Waals surface area contributed by atoms with Crippen LogP contribution >= 0.6 is 0 Å². The van der Waals surface area contributed by atoms with E-state index in [0.29, 0.717) is 25.3 Å². The Hall–Kier alpha value is -0.960. The molecule has 8 heteroatoms. The van der Waals surface area contributed by atoms with Crippen LogP contribution in [0.2, 0.25) is 0 Å². The maximum atomic E-state index is 12.3.